The summed E-state index contributed by atoms with van der Waals surface area (Å²) >= 11 is 0. The third kappa shape index (κ3) is 2.75. The lowest BCUT2D eigenvalue weighted by Gasteiger charge is -2.41. The number of aliphatic hydroxyl groups excluding tert-OH is 1. The van der Waals surface area contributed by atoms with Crippen molar-refractivity contribution >= 4 is 0 Å². The molecule has 1 heterocycles. The Morgan fingerprint density at radius 1 is 1.31 bits per heavy atom. The molecule has 2 aliphatic rings. The Balaban J connectivity index is 1.85. The van der Waals surface area contributed by atoms with Gasteiger partial charge in [-0.1, -0.05) is 13.3 Å². The lowest BCUT2D eigenvalue weighted by molar-refractivity contribution is -0.147. The lowest BCUT2D eigenvalue weighted by atomic mass is 9.79. The monoisotopic (exact) mass is 230 g/mol. The molecule has 0 aromatic rings. The van der Waals surface area contributed by atoms with Gasteiger partial charge in [-0.05, 0) is 44.4 Å². The van der Waals surface area contributed by atoms with Crippen LogP contribution < -0.4 is 0 Å². The standard InChI is InChI=1S/C13H23FO2/c1-2-3-11(15)13-6-4-9-8-10(14)5-7-12(9)16-13/h9-13,15H,2-8H2,1H3. The van der Waals surface area contributed by atoms with Crippen LogP contribution in [-0.2, 0) is 4.74 Å². The topological polar surface area (TPSA) is 29.5 Å². The summed E-state index contributed by atoms with van der Waals surface area (Å²) in [7, 11) is 0. The third-order valence-corrected chi connectivity index (χ3v) is 4.03. The molecule has 2 rings (SSSR count). The average molecular weight is 230 g/mol. The van der Waals surface area contributed by atoms with E-state index in [9.17, 15) is 9.50 Å². The highest BCUT2D eigenvalue weighted by Crippen LogP contribution is 2.38. The molecule has 3 heteroatoms. The van der Waals surface area contributed by atoms with Crippen LogP contribution >= 0.6 is 0 Å². The fourth-order valence-corrected chi connectivity index (χ4v) is 3.10. The van der Waals surface area contributed by atoms with Crippen LogP contribution in [0.15, 0.2) is 0 Å². The number of alkyl halides is 1. The Bertz CT molecular complexity index is 222. The molecular weight excluding hydrogens is 207 g/mol. The molecule has 2 nitrogen and oxygen atoms in total. The minimum atomic E-state index is -0.623. The minimum Gasteiger partial charge on any atom is -0.390 e. The molecule has 94 valence electrons. The number of halogens is 1. The molecule has 16 heavy (non-hydrogen) atoms. The molecule has 2 fully saturated rings. The van der Waals surface area contributed by atoms with E-state index in [1.807, 2.05) is 0 Å². The van der Waals surface area contributed by atoms with Crippen molar-refractivity contribution in [2.24, 2.45) is 5.92 Å². The molecular formula is C13H23FO2. The molecule has 1 aliphatic heterocycles. The Morgan fingerprint density at radius 2 is 2.12 bits per heavy atom. The molecule has 1 aliphatic carbocycles. The summed E-state index contributed by atoms with van der Waals surface area (Å²) in [5.74, 6) is 0.397. The van der Waals surface area contributed by atoms with E-state index in [0.29, 0.717) is 18.8 Å². The Morgan fingerprint density at radius 3 is 2.88 bits per heavy atom. The van der Waals surface area contributed by atoms with Gasteiger partial charge in [-0.25, -0.2) is 4.39 Å². The van der Waals surface area contributed by atoms with Gasteiger partial charge in [-0.15, -0.1) is 0 Å². The fraction of sp³-hybridized carbons (Fsp3) is 1.00. The van der Waals surface area contributed by atoms with Crippen molar-refractivity contribution in [3.05, 3.63) is 0 Å². The summed E-state index contributed by atoms with van der Waals surface area (Å²) in [5, 5.41) is 9.92. The van der Waals surface area contributed by atoms with E-state index in [-0.39, 0.29) is 18.3 Å². The van der Waals surface area contributed by atoms with Gasteiger partial charge >= 0.3 is 0 Å². The van der Waals surface area contributed by atoms with Gasteiger partial charge in [0, 0.05) is 0 Å². The van der Waals surface area contributed by atoms with Crippen LogP contribution in [0.4, 0.5) is 4.39 Å². The van der Waals surface area contributed by atoms with Crippen molar-refractivity contribution in [2.75, 3.05) is 0 Å². The minimum absolute atomic E-state index is 0.00244. The van der Waals surface area contributed by atoms with Gasteiger partial charge in [0.15, 0.2) is 0 Å². The third-order valence-electron chi connectivity index (χ3n) is 4.03. The van der Waals surface area contributed by atoms with Crippen LogP contribution in [0.1, 0.15) is 51.9 Å². The van der Waals surface area contributed by atoms with Gasteiger partial charge in [0.2, 0.25) is 0 Å². The molecule has 5 atom stereocenters. The van der Waals surface area contributed by atoms with Crippen molar-refractivity contribution in [3.63, 3.8) is 0 Å². The van der Waals surface area contributed by atoms with Crippen LogP contribution in [-0.4, -0.2) is 29.6 Å². The van der Waals surface area contributed by atoms with Crippen molar-refractivity contribution < 1.29 is 14.2 Å². The number of aliphatic hydroxyl groups is 1. The van der Waals surface area contributed by atoms with E-state index in [2.05, 4.69) is 6.92 Å². The van der Waals surface area contributed by atoms with Crippen LogP contribution in [0, 0.1) is 5.92 Å². The van der Waals surface area contributed by atoms with Gasteiger partial charge in [0.1, 0.15) is 6.17 Å². The molecule has 0 aromatic carbocycles. The Hall–Kier alpha value is -0.150. The van der Waals surface area contributed by atoms with E-state index in [4.69, 9.17) is 4.74 Å². The van der Waals surface area contributed by atoms with Gasteiger partial charge in [0.05, 0.1) is 18.3 Å². The summed E-state index contributed by atoms with van der Waals surface area (Å²) in [6.07, 6.45) is 5.12. The van der Waals surface area contributed by atoms with E-state index < -0.39 is 6.17 Å². The van der Waals surface area contributed by atoms with Crippen molar-refractivity contribution in [3.8, 4) is 0 Å². The summed E-state index contributed by atoms with van der Waals surface area (Å²) in [6, 6.07) is 0. The molecule has 1 saturated heterocycles. The highest BCUT2D eigenvalue weighted by molar-refractivity contribution is 4.87. The maximum absolute atomic E-state index is 13.2. The second kappa shape index (κ2) is 5.46. The first-order chi connectivity index (χ1) is 7.70. The maximum Gasteiger partial charge on any atom is 0.101 e. The molecule has 0 aromatic heterocycles. The van der Waals surface area contributed by atoms with Gasteiger partial charge in [0.25, 0.3) is 0 Å². The quantitative estimate of drug-likeness (QED) is 0.808. The van der Waals surface area contributed by atoms with Gasteiger partial charge < -0.3 is 9.84 Å². The molecule has 0 bridgehead atoms. The molecule has 1 N–H and O–H groups in total. The van der Waals surface area contributed by atoms with Crippen LogP contribution in [0.2, 0.25) is 0 Å². The Labute approximate surface area is 97.2 Å². The predicted octanol–water partition coefficient (Wildman–Crippen LogP) is 2.83. The zero-order valence-electron chi connectivity index (χ0n) is 10.1. The first-order valence-corrected chi connectivity index (χ1v) is 6.68. The van der Waals surface area contributed by atoms with Crippen molar-refractivity contribution in [1.82, 2.24) is 0 Å². The predicted molar refractivity (Wildman–Crippen MR) is 61.0 cm³/mol. The summed E-state index contributed by atoms with van der Waals surface area (Å²) in [4.78, 5) is 0. The summed E-state index contributed by atoms with van der Waals surface area (Å²) in [6.45, 7) is 2.07. The first kappa shape index (κ1) is 12.3. The highest BCUT2D eigenvalue weighted by atomic mass is 19.1. The average Bonchev–Trinajstić information content (AvgIpc) is 2.28. The van der Waals surface area contributed by atoms with Crippen LogP contribution in [0.25, 0.3) is 0 Å². The number of rotatable bonds is 3. The van der Waals surface area contributed by atoms with E-state index in [1.165, 1.54) is 0 Å². The second-order valence-corrected chi connectivity index (χ2v) is 5.32. The van der Waals surface area contributed by atoms with Gasteiger partial charge in [-0.3, -0.25) is 0 Å². The van der Waals surface area contributed by atoms with Crippen LogP contribution in [0.3, 0.4) is 0 Å². The fourth-order valence-electron chi connectivity index (χ4n) is 3.10. The Kier molecular flexibility index (Phi) is 4.20. The zero-order valence-corrected chi connectivity index (χ0v) is 10.1. The van der Waals surface area contributed by atoms with Crippen LogP contribution in [0.5, 0.6) is 0 Å². The second-order valence-electron chi connectivity index (χ2n) is 5.32. The number of ether oxygens (including phenoxy) is 1. The van der Waals surface area contributed by atoms with E-state index in [0.717, 1.165) is 32.1 Å². The highest BCUT2D eigenvalue weighted by Gasteiger charge is 2.38. The normalized spacial score (nSPS) is 41.4. The zero-order chi connectivity index (χ0) is 11.5. The smallest absolute Gasteiger partial charge is 0.101 e. The lowest BCUT2D eigenvalue weighted by Crippen LogP contribution is -2.44. The molecule has 5 unspecified atom stereocenters. The molecule has 0 radical (unpaired) electrons. The number of fused-ring (bicyclic) bond motifs is 1. The summed E-state index contributed by atoms with van der Waals surface area (Å²) in [5.41, 5.74) is 0. The largest absolute Gasteiger partial charge is 0.390 e. The van der Waals surface area contributed by atoms with Crippen molar-refractivity contribution in [1.29, 1.82) is 0 Å². The molecule has 1 saturated carbocycles. The SMILES string of the molecule is CCCC(O)C1CCC2CC(F)CCC2O1. The van der Waals surface area contributed by atoms with Gasteiger partial charge in [-0.2, -0.15) is 0 Å². The maximum atomic E-state index is 13.2. The number of hydrogen-bond acceptors (Lipinski definition) is 2. The first-order valence-electron chi connectivity index (χ1n) is 6.68. The van der Waals surface area contributed by atoms with E-state index >= 15 is 0 Å². The summed E-state index contributed by atoms with van der Waals surface area (Å²) < 4.78 is 19.2. The molecule has 0 amide bonds. The van der Waals surface area contributed by atoms with E-state index in [1.54, 1.807) is 0 Å². The number of hydrogen-bond donors (Lipinski definition) is 1. The molecule has 0 spiro atoms. The van der Waals surface area contributed by atoms with Crippen molar-refractivity contribution in [2.45, 2.75) is 76.4 Å².